The summed E-state index contributed by atoms with van der Waals surface area (Å²) in [6.45, 7) is 4.75. The molecule has 1 aliphatic rings. The minimum Gasteiger partial charge on any atom is -0.497 e. The van der Waals surface area contributed by atoms with Gasteiger partial charge in [0.25, 0.3) is 0 Å². The van der Waals surface area contributed by atoms with Crippen molar-refractivity contribution in [3.63, 3.8) is 0 Å². The molecule has 1 fully saturated rings. The molecule has 1 aliphatic carbocycles. The Morgan fingerprint density at radius 1 is 1.05 bits per heavy atom. The van der Waals surface area contributed by atoms with Crippen LogP contribution in [0.15, 0.2) is 24.3 Å². The van der Waals surface area contributed by atoms with E-state index in [2.05, 4.69) is 38.1 Å². The summed E-state index contributed by atoms with van der Waals surface area (Å²) in [6, 6.07) is 8.64. The highest BCUT2D eigenvalue weighted by atomic mass is 16.5. The summed E-state index contributed by atoms with van der Waals surface area (Å²) in [6.07, 6.45) is 12.8. The summed E-state index contributed by atoms with van der Waals surface area (Å²) in [5, 5.41) is 0. The molecule has 1 aromatic carbocycles. The fourth-order valence-corrected chi connectivity index (χ4v) is 4.03. The van der Waals surface area contributed by atoms with Gasteiger partial charge in [-0.2, -0.15) is 0 Å². The molecule has 0 spiro atoms. The monoisotopic (exact) mass is 302 g/mol. The van der Waals surface area contributed by atoms with Crippen molar-refractivity contribution in [2.24, 2.45) is 17.8 Å². The van der Waals surface area contributed by atoms with E-state index in [-0.39, 0.29) is 0 Å². The van der Waals surface area contributed by atoms with E-state index in [9.17, 15) is 0 Å². The van der Waals surface area contributed by atoms with Crippen LogP contribution in [0.4, 0.5) is 0 Å². The van der Waals surface area contributed by atoms with Crippen LogP contribution in [-0.4, -0.2) is 7.11 Å². The van der Waals surface area contributed by atoms with Crippen molar-refractivity contribution in [3.8, 4) is 5.75 Å². The van der Waals surface area contributed by atoms with Gasteiger partial charge < -0.3 is 4.74 Å². The highest BCUT2D eigenvalue weighted by Crippen LogP contribution is 2.36. The third kappa shape index (κ3) is 5.34. The van der Waals surface area contributed by atoms with Gasteiger partial charge in [0, 0.05) is 0 Å². The summed E-state index contributed by atoms with van der Waals surface area (Å²) >= 11 is 0. The van der Waals surface area contributed by atoms with Gasteiger partial charge in [0.2, 0.25) is 0 Å². The molecule has 22 heavy (non-hydrogen) atoms. The van der Waals surface area contributed by atoms with Crippen LogP contribution in [0.5, 0.6) is 5.75 Å². The average Bonchev–Trinajstić information content (AvgIpc) is 2.56. The second-order valence-corrected chi connectivity index (χ2v) is 7.31. The van der Waals surface area contributed by atoms with Crippen LogP contribution in [0.1, 0.15) is 70.8 Å². The third-order valence-electron chi connectivity index (χ3n) is 5.63. The Morgan fingerprint density at radius 3 is 2.32 bits per heavy atom. The maximum Gasteiger partial charge on any atom is 0.118 e. The maximum absolute atomic E-state index is 5.24. The smallest absolute Gasteiger partial charge is 0.118 e. The van der Waals surface area contributed by atoms with Crippen LogP contribution in [0.2, 0.25) is 0 Å². The predicted molar refractivity (Wildman–Crippen MR) is 95.5 cm³/mol. The molecule has 0 radical (unpaired) electrons. The molecule has 124 valence electrons. The second kappa shape index (κ2) is 9.22. The van der Waals surface area contributed by atoms with Crippen LogP contribution in [0.3, 0.4) is 0 Å². The summed E-state index contributed by atoms with van der Waals surface area (Å²) < 4.78 is 5.24. The Labute approximate surface area is 137 Å². The van der Waals surface area contributed by atoms with Crippen molar-refractivity contribution in [1.29, 1.82) is 0 Å². The van der Waals surface area contributed by atoms with E-state index in [0.717, 1.165) is 23.5 Å². The van der Waals surface area contributed by atoms with Crippen molar-refractivity contribution in [3.05, 3.63) is 29.8 Å². The zero-order chi connectivity index (χ0) is 15.8. The Hall–Kier alpha value is -0.980. The molecule has 0 aliphatic heterocycles. The lowest BCUT2D eigenvalue weighted by atomic mass is 9.73. The van der Waals surface area contributed by atoms with E-state index in [0.29, 0.717) is 0 Å². The lowest BCUT2D eigenvalue weighted by Gasteiger charge is -2.32. The molecule has 0 aromatic heterocycles. The van der Waals surface area contributed by atoms with Crippen molar-refractivity contribution < 1.29 is 4.74 Å². The zero-order valence-corrected chi connectivity index (χ0v) is 14.8. The van der Waals surface area contributed by atoms with Crippen LogP contribution in [0.25, 0.3) is 0 Å². The maximum atomic E-state index is 5.24. The van der Waals surface area contributed by atoms with Crippen LogP contribution in [0, 0.1) is 17.8 Å². The molecule has 0 heterocycles. The van der Waals surface area contributed by atoms with E-state index in [4.69, 9.17) is 4.74 Å². The van der Waals surface area contributed by atoms with Gasteiger partial charge in [-0.25, -0.2) is 0 Å². The largest absolute Gasteiger partial charge is 0.497 e. The third-order valence-corrected chi connectivity index (χ3v) is 5.63. The normalized spacial score (nSPS) is 23.2. The molecule has 1 atom stereocenters. The van der Waals surface area contributed by atoms with Gasteiger partial charge in [0.05, 0.1) is 7.11 Å². The molecule has 1 unspecified atom stereocenters. The number of rotatable bonds is 8. The van der Waals surface area contributed by atoms with Crippen LogP contribution in [-0.2, 0) is 6.42 Å². The Morgan fingerprint density at radius 2 is 1.73 bits per heavy atom. The fourth-order valence-electron chi connectivity index (χ4n) is 4.03. The van der Waals surface area contributed by atoms with E-state index in [1.165, 1.54) is 63.4 Å². The Bertz CT molecular complexity index is 400. The number of ether oxygens (including phenoxy) is 1. The van der Waals surface area contributed by atoms with E-state index < -0.39 is 0 Å². The molecule has 1 nitrogen and oxygen atoms in total. The standard InChI is InChI=1S/C21H34O/c1-4-5-6-7-18-8-12-20(13-9-18)17(2)16-19-10-14-21(22-3)15-11-19/h10-11,14-15,17-18,20H,4-9,12-13,16H2,1-3H3. The molecular formula is C21H34O. The van der Waals surface area contributed by atoms with E-state index in [1.807, 2.05) is 0 Å². The van der Waals surface area contributed by atoms with Gasteiger partial charge >= 0.3 is 0 Å². The van der Waals surface area contributed by atoms with Crippen molar-refractivity contribution in [2.45, 2.75) is 71.6 Å². The van der Waals surface area contributed by atoms with Gasteiger partial charge in [-0.15, -0.1) is 0 Å². The molecular weight excluding hydrogens is 268 g/mol. The molecule has 1 aromatic rings. The summed E-state index contributed by atoms with van der Waals surface area (Å²) in [7, 11) is 1.73. The topological polar surface area (TPSA) is 9.23 Å². The van der Waals surface area contributed by atoms with Gasteiger partial charge in [-0.1, -0.05) is 64.5 Å². The van der Waals surface area contributed by atoms with Crippen molar-refractivity contribution >= 4 is 0 Å². The van der Waals surface area contributed by atoms with Gasteiger partial charge in [0.15, 0.2) is 0 Å². The highest BCUT2D eigenvalue weighted by molar-refractivity contribution is 5.27. The molecule has 0 amide bonds. The molecule has 0 saturated heterocycles. The first-order chi connectivity index (χ1) is 10.7. The lowest BCUT2D eigenvalue weighted by Crippen LogP contribution is -2.21. The van der Waals surface area contributed by atoms with Crippen molar-refractivity contribution in [2.75, 3.05) is 7.11 Å². The first kappa shape index (κ1) is 17.4. The quantitative estimate of drug-likeness (QED) is 0.515. The highest BCUT2D eigenvalue weighted by Gasteiger charge is 2.24. The minimum atomic E-state index is 0.810. The molecule has 2 rings (SSSR count). The van der Waals surface area contributed by atoms with E-state index >= 15 is 0 Å². The summed E-state index contributed by atoms with van der Waals surface area (Å²) in [5.74, 6) is 3.73. The van der Waals surface area contributed by atoms with E-state index in [1.54, 1.807) is 7.11 Å². The molecule has 1 heteroatoms. The number of methoxy groups -OCH3 is 1. The predicted octanol–water partition coefficient (Wildman–Crippen LogP) is 6.26. The summed E-state index contributed by atoms with van der Waals surface area (Å²) in [4.78, 5) is 0. The molecule has 1 saturated carbocycles. The van der Waals surface area contributed by atoms with Crippen LogP contribution >= 0.6 is 0 Å². The van der Waals surface area contributed by atoms with Crippen molar-refractivity contribution in [1.82, 2.24) is 0 Å². The zero-order valence-electron chi connectivity index (χ0n) is 14.8. The fraction of sp³-hybridized carbons (Fsp3) is 0.714. The van der Waals surface area contributed by atoms with Gasteiger partial charge in [-0.3, -0.25) is 0 Å². The second-order valence-electron chi connectivity index (χ2n) is 7.31. The summed E-state index contributed by atoms with van der Waals surface area (Å²) in [5.41, 5.74) is 1.46. The van der Waals surface area contributed by atoms with Gasteiger partial charge in [-0.05, 0) is 54.7 Å². The van der Waals surface area contributed by atoms with Crippen LogP contribution < -0.4 is 4.74 Å². The SMILES string of the molecule is CCCCCC1CCC(C(C)Cc2ccc(OC)cc2)CC1. The number of hydrogen-bond donors (Lipinski definition) is 0. The number of unbranched alkanes of at least 4 members (excludes halogenated alkanes) is 2. The first-order valence-corrected chi connectivity index (χ1v) is 9.35. The average molecular weight is 303 g/mol. The Kier molecular flexibility index (Phi) is 7.29. The first-order valence-electron chi connectivity index (χ1n) is 9.35. The number of hydrogen-bond acceptors (Lipinski definition) is 1. The minimum absolute atomic E-state index is 0.810. The van der Waals surface area contributed by atoms with Gasteiger partial charge in [0.1, 0.15) is 5.75 Å². The Balaban J connectivity index is 1.73. The molecule has 0 N–H and O–H groups in total. The molecule has 0 bridgehead atoms. The lowest BCUT2D eigenvalue weighted by molar-refractivity contribution is 0.204. The number of benzene rings is 1.